The molecule has 1 aliphatic carbocycles. The number of nitrogens with two attached hydrogens (primary N) is 1. The highest BCUT2D eigenvalue weighted by Gasteiger charge is 2.58. The quantitative estimate of drug-likeness (QED) is 0.128. The highest BCUT2D eigenvalue weighted by atomic mass is 35.5. The molecule has 1 saturated heterocycles. The van der Waals surface area contributed by atoms with Gasteiger partial charge in [0.15, 0.2) is 17.7 Å². The lowest BCUT2D eigenvalue weighted by Gasteiger charge is -2.27. The lowest BCUT2D eigenvalue weighted by atomic mass is 9.96. The maximum absolute atomic E-state index is 14.2. The largest absolute Gasteiger partial charge is 0.459 e. The van der Waals surface area contributed by atoms with Crippen LogP contribution in [0.15, 0.2) is 61.2 Å². The van der Waals surface area contributed by atoms with Gasteiger partial charge in [-0.05, 0) is 50.1 Å². The Labute approximate surface area is 275 Å². The van der Waals surface area contributed by atoms with Crippen LogP contribution in [0.2, 0.25) is 5.02 Å². The van der Waals surface area contributed by atoms with Crippen LogP contribution < -0.4 is 15.3 Å². The van der Waals surface area contributed by atoms with Crippen molar-refractivity contribution in [1.82, 2.24) is 24.6 Å². The molecular weight excluding hydrogens is 684 g/mol. The predicted molar refractivity (Wildman–Crippen MR) is 162 cm³/mol. The number of imidazole rings is 1. The zero-order chi connectivity index (χ0) is 34.5. The van der Waals surface area contributed by atoms with Crippen LogP contribution in [0.5, 0.6) is 5.75 Å². The number of halogens is 4. The molecule has 2 aromatic carbocycles. The van der Waals surface area contributed by atoms with Gasteiger partial charge in [0.25, 0.3) is 0 Å². The molecule has 0 spiro atoms. The Hall–Kier alpha value is -3.83. The first-order valence-corrected chi connectivity index (χ1v) is 16.3. The summed E-state index contributed by atoms with van der Waals surface area (Å²) in [5.41, 5.74) is 1.54. The van der Waals surface area contributed by atoms with Gasteiger partial charge in [0.1, 0.15) is 47.5 Å². The highest BCUT2D eigenvalue weighted by molar-refractivity contribution is 7.52. The molecule has 0 bridgehead atoms. The molecule has 48 heavy (non-hydrogen) atoms. The van der Waals surface area contributed by atoms with E-state index in [4.69, 9.17) is 35.9 Å². The van der Waals surface area contributed by atoms with Crippen molar-refractivity contribution in [3.05, 3.63) is 77.3 Å². The Kier molecular flexibility index (Phi) is 8.91. The van der Waals surface area contributed by atoms with Crippen molar-refractivity contribution in [2.75, 3.05) is 12.3 Å². The van der Waals surface area contributed by atoms with Gasteiger partial charge in [-0.1, -0.05) is 29.8 Å². The third kappa shape index (κ3) is 6.72. The number of ether oxygens (including phenoxy) is 2. The third-order valence-electron chi connectivity index (χ3n) is 8.02. The van der Waals surface area contributed by atoms with Crippen LogP contribution in [0, 0.1) is 0 Å². The van der Waals surface area contributed by atoms with Crippen molar-refractivity contribution in [2.45, 2.75) is 62.1 Å². The van der Waals surface area contributed by atoms with Crippen LogP contribution in [-0.4, -0.2) is 65.7 Å². The average molecular weight is 713 g/mol. The van der Waals surface area contributed by atoms with E-state index in [9.17, 15) is 32.7 Å². The Balaban J connectivity index is 1.20. The van der Waals surface area contributed by atoms with Gasteiger partial charge in [-0.25, -0.2) is 19.5 Å². The molecule has 5 atom stereocenters. The fraction of sp³-hybridized carbons (Fsp3) is 0.379. The first kappa shape index (κ1) is 34.0. The van der Waals surface area contributed by atoms with E-state index in [1.165, 1.54) is 66.6 Å². The van der Waals surface area contributed by atoms with Gasteiger partial charge < -0.3 is 29.9 Å². The third-order valence-corrected chi connectivity index (χ3v) is 9.91. The van der Waals surface area contributed by atoms with Crippen molar-refractivity contribution in [3.8, 4) is 5.75 Å². The number of hydrogen-bond donors (Lipinski definition) is 4. The summed E-state index contributed by atoms with van der Waals surface area (Å²) < 4.78 is 78.6. The smallest absolute Gasteiger partial charge is 0.459 e. The van der Waals surface area contributed by atoms with Gasteiger partial charge in [0, 0.05) is 10.6 Å². The Morgan fingerprint density at radius 2 is 1.90 bits per heavy atom. The van der Waals surface area contributed by atoms with Gasteiger partial charge in [0.2, 0.25) is 0 Å². The molecule has 6 rings (SSSR count). The van der Waals surface area contributed by atoms with E-state index in [-0.39, 0.29) is 41.1 Å². The molecule has 3 unspecified atom stereocenters. The number of aromatic nitrogens is 4. The Bertz CT molecular complexity index is 1870. The molecule has 0 radical (unpaired) electrons. The van der Waals surface area contributed by atoms with Crippen LogP contribution in [0.25, 0.3) is 11.2 Å². The predicted octanol–water partition coefficient (Wildman–Crippen LogP) is 4.16. The molecule has 2 aromatic heterocycles. The molecular formula is C29H29ClF3N6O8P. The Morgan fingerprint density at radius 3 is 2.58 bits per heavy atom. The second-order valence-electron chi connectivity index (χ2n) is 11.5. The average Bonchev–Trinajstić information content (AvgIpc) is 3.62. The minimum absolute atomic E-state index is 0.0263. The van der Waals surface area contributed by atoms with Gasteiger partial charge in [-0.15, -0.1) is 0 Å². The van der Waals surface area contributed by atoms with Gasteiger partial charge in [0.05, 0.1) is 18.5 Å². The van der Waals surface area contributed by atoms with Crippen molar-refractivity contribution in [2.24, 2.45) is 0 Å². The standard InChI is InChI=1S/C29H29ClF3N6O8P/c1-27(42)22(40)20(46-25(27)39-15-37-21-23(34)35-14-36-24(21)39)13-45-48(43,47-18-8-6-17(30)7-9-18)38-28(10-11-28)26(41)44-12-16-4-2-3-5-19(16)29(31,32)33/h2-9,14-15,20,22,25,40,42H,10-13H2,1H3,(H,38,43)(H2,34,35,36)/t20?,22-,25?,27-,48?/m1/s1. The van der Waals surface area contributed by atoms with E-state index in [1.807, 2.05) is 0 Å². The number of esters is 1. The zero-order valence-electron chi connectivity index (χ0n) is 25.0. The van der Waals surface area contributed by atoms with E-state index in [1.54, 1.807) is 0 Å². The van der Waals surface area contributed by atoms with Crippen LogP contribution in [-0.2, 0) is 36.1 Å². The van der Waals surface area contributed by atoms with Crippen molar-refractivity contribution in [1.29, 1.82) is 0 Å². The summed E-state index contributed by atoms with van der Waals surface area (Å²) in [6, 6.07) is 10.4. The first-order valence-electron chi connectivity index (χ1n) is 14.4. The van der Waals surface area contributed by atoms with Gasteiger partial charge in [-0.2, -0.15) is 18.3 Å². The molecule has 0 amide bonds. The number of fused-ring (bicyclic) bond motifs is 1. The van der Waals surface area contributed by atoms with Gasteiger partial charge >= 0.3 is 19.9 Å². The summed E-state index contributed by atoms with van der Waals surface area (Å²) >= 11 is 5.96. The lowest BCUT2D eigenvalue weighted by Crippen LogP contribution is -2.45. The number of carbonyl (C=O) groups excluding carboxylic acids is 1. The van der Waals surface area contributed by atoms with Crippen LogP contribution in [0.4, 0.5) is 19.0 Å². The molecule has 4 aromatic rings. The van der Waals surface area contributed by atoms with E-state index < -0.39 is 68.2 Å². The number of aliphatic hydroxyl groups is 2. The zero-order valence-corrected chi connectivity index (χ0v) is 26.7. The molecule has 3 heterocycles. The summed E-state index contributed by atoms with van der Waals surface area (Å²) in [5, 5.41) is 25.3. The fourth-order valence-corrected chi connectivity index (χ4v) is 7.13. The number of alkyl halides is 3. The number of nitrogens with zero attached hydrogens (tertiary/aromatic N) is 4. The van der Waals surface area contributed by atoms with Crippen molar-refractivity contribution >= 4 is 42.3 Å². The molecule has 5 N–H and O–H groups in total. The van der Waals surface area contributed by atoms with E-state index >= 15 is 0 Å². The number of aliphatic hydroxyl groups excluding tert-OH is 1. The summed E-state index contributed by atoms with van der Waals surface area (Å²) in [6.45, 7) is -0.00829. The summed E-state index contributed by atoms with van der Waals surface area (Å²) in [7, 11) is -4.55. The summed E-state index contributed by atoms with van der Waals surface area (Å²) in [5.74, 6) is -0.866. The van der Waals surface area contributed by atoms with Crippen LogP contribution in [0.1, 0.15) is 37.1 Å². The minimum Gasteiger partial charge on any atom is -0.459 e. The van der Waals surface area contributed by atoms with Gasteiger partial charge in [-0.3, -0.25) is 13.9 Å². The normalized spacial score (nSPS) is 24.7. The van der Waals surface area contributed by atoms with E-state index in [0.29, 0.717) is 5.02 Å². The summed E-state index contributed by atoms with van der Waals surface area (Å²) in [6.07, 6.45) is -6.13. The number of anilines is 1. The minimum atomic E-state index is -4.67. The maximum atomic E-state index is 14.2. The second-order valence-corrected chi connectivity index (χ2v) is 13.6. The fourth-order valence-electron chi connectivity index (χ4n) is 5.26. The van der Waals surface area contributed by atoms with Crippen molar-refractivity contribution in [3.63, 3.8) is 0 Å². The number of carbonyl (C=O) groups is 1. The molecule has 14 nitrogen and oxygen atoms in total. The molecule has 2 aliphatic rings. The molecule has 1 saturated carbocycles. The second kappa shape index (κ2) is 12.6. The number of rotatable bonds is 11. The lowest BCUT2D eigenvalue weighted by molar-refractivity contribution is -0.150. The SMILES string of the molecule is C[C@]1(O)C(n2cnc3c(N)ncnc32)OC(COP(=O)(NC2(C(=O)OCc3ccccc3C(F)(F)F)CC2)Oc2ccc(Cl)cc2)[C@H]1O. The van der Waals surface area contributed by atoms with Crippen molar-refractivity contribution < 1.29 is 51.3 Å². The monoisotopic (exact) mass is 712 g/mol. The molecule has 1 aliphatic heterocycles. The molecule has 2 fully saturated rings. The van der Waals surface area contributed by atoms with E-state index in [0.717, 1.165) is 6.07 Å². The maximum Gasteiger partial charge on any atom is 0.459 e. The van der Waals surface area contributed by atoms with Crippen LogP contribution in [0.3, 0.4) is 0 Å². The summed E-state index contributed by atoms with van der Waals surface area (Å²) in [4.78, 5) is 25.4. The molecule has 256 valence electrons. The topological polar surface area (TPSA) is 193 Å². The number of benzene rings is 2. The Morgan fingerprint density at radius 1 is 1.19 bits per heavy atom. The van der Waals surface area contributed by atoms with E-state index in [2.05, 4.69) is 20.0 Å². The number of nitrogen functional groups attached to an aromatic ring is 1. The number of nitrogens with one attached hydrogen (secondary N) is 1. The molecule has 19 heteroatoms. The van der Waals surface area contributed by atoms with Crippen LogP contribution >= 0.6 is 19.3 Å². The first-order chi connectivity index (χ1) is 22.6. The number of hydrogen-bond acceptors (Lipinski definition) is 12. The highest BCUT2D eigenvalue weighted by Crippen LogP contribution is 2.53.